The molecule has 1 heterocycles. The molecule has 0 spiro atoms. The van der Waals surface area contributed by atoms with Crippen LogP contribution in [-0.2, 0) is 19.6 Å². The number of benzene rings is 2. The summed E-state index contributed by atoms with van der Waals surface area (Å²) in [5, 5.41) is 5.77. The van der Waals surface area contributed by atoms with Gasteiger partial charge < -0.3 is 20.1 Å². The fraction of sp³-hybridized carbons (Fsp3) is 0.409. The van der Waals surface area contributed by atoms with E-state index in [0.29, 0.717) is 26.3 Å². The van der Waals surface area contributed by atoms with Gasteiger partial charge >= 0.3 is 6.03 Å². The van der Waals surface area contributed by atoms with Crippen LogP contribution in [0.4, 0.5) is 4.79 Å². The number of carbonyl (C=O) groups excluding carboxylic acids is 1. The third-order valence-corrected chi connectivity index (χ3v) is 4.84. The minimum Gasteiger partial charge on any atom is -0.486 e. The van der Waals surface area contributed by atoms with Crippen LogP contribution in [0, 0.1) is 0 Å². The van der Waals surface area contributed by atoms with Gasteiger partial charge in [0.1, 0.15) is 13.2 Å². The van der Waals surface area contributed by atoms with Gasteiger partial charge in [0.2, 0.25) is 0 Å². The molecule has 2 N–H and O–H groups in total. The zero-order chi connectivity index (χ0) is 19.8. The Labute approximate surface area is 166 Å². The minimum absolute atomic E-state index is 0.192. The highest BCUT2D eigenvalue weighted by molar-refractivity contribution is 5.73. The van der Waals surface area contributed by atoms with E-state index in [1.54, 1.807) is 0 Å². The molecule has 2 aromatic rings. The van der Waals surface area contributed by atoms with Crippen molar-refractivity contribution in [3.8, 4) is 11.5 Å². The summed E-state index contributed by atoms with van der Waals surface area (Å²) >= 11 is 0. The topological polar surface area (TPSA) is 62.8 Å². The molecule has 6 heteroatoms. The number of nitrogens with zero attached hydrogens (tertiary/aromatic N) is 1. The molecular formula is C22H29N3O3. The average molecular weight is 383 g/mol. The van der Waals surface area contributed by atoms with Gasteiger partial charge in [0.25, 0.3) is 0 Å². The van der Waals surface area contributed by atoms with Crippen molar-refractivity contribution in [2.24, 2.45) is 0 Å². The van der Waals surface area contributed by atoms with Crippen molar-refractivity contribution in [2.75, 3.05) is 26.3 Å². The Balaban J connectivity index is 1.43. The van der Waals surface area contributed by atoms with Crippen LogP contribution < -0.4 is 20.1 Å². The molecular weight excluding hydrogens is 354 g/mol. The van der Waals surface area contributed by atoms with Crippen molar-refractivity contribution in [1.29, 1.82) is 0 Å². The summed E-state index contributed by atoms with van der Waals surface area (Å²) in [7, 11) is 0. The Kier molecular flexibility index (Phi) is 7.14. The van der Waals surface area contributed by atoms with E-state index in [1.165, 1.54) is 5.56 Å². The third-order valence-electron chi connectivity index (χ3n) is 4.84. The van der Waals surface area contributed by atoms with Crippen LogP contribution in [0.2, 0.25) is 0 Å². The van der Waals surface area contributed by atoms with Gasteiger partial charge in [-0.2, -0.15) is 0 Å². The molecule has 0 aromatic heterocycles. The van der Waals surface area contributed by atoms with Crippen LogP contribution in [0.5, 0.6) is 11.5 Å². The molecule has 1 aliphatic rings. The molecule has 150 valence electrons. The highest BCUT2D eigenvalue weighted by Crippen LogP contribution is 2.30. The second-order valence-corrected chi connectivity index (χ2v) is 6.79. The van der Waals surface area contributed by atoms with E-state index in [0.717, 1.165) is 42.3 Å². The summed E-state index contributed by atoms with van der Waals surface area (Å²) in [4.78, 5) is 14.5. The smallest absolute Gasteiger partial charge is 0.315 e. The first-order valence-electron chi connectivity index (χ1n) is 9.88. The van der Waals surface area contributed by atoms with E-state index >= 15 is 0 Å². The highest BCUT2D eigenvalue weighted by atomic mass is 16.6. The first kappa shape index (κ1) is 20.0. The monoisotopic (exact) mass is 383 g/mol. The van der Waals surface area contributed by atoms with Crippen molar-refractivity contribution in [2.45, 2.75) is 33.5 Å². The molecule has 0 aliphatic carbocycles. The SMILES string of the molecule is CCN(CC)Cc1ccc(CNC(=O)NCc2ccc3c(c2)OCCO3)cc1. The summed E-state index contributed by atoms with van der Waals surface area (Å²) in [5.41, 5.74) is 3.34. The van der Waals surface area contributed by atoms with Gasteiger partial charge in [-0.15, -0.1) is 0 Å². The lowest BCUT2D eigenvalue weighted by Gasteiger charge is -2.19. The number of amides is 2. The Bertz CT molecular complexity index is 773. The van der Waals surface area contributed by atoms with E-state index in [2.05, 4.69) is 53.6 Å². The van der Waals surface area contributed by atoms with Crippen molar-refractivity contribution in [1.82, 2.24) is 15.5 Å². The molecule has 2 aromatic carbocycles. The number of fused-ring (bicyclic) bond motifs is 1. The second-order valence-electron chi connectivity index (χ2n) is 6.79. The fourth-order valence-electron chi connectivity index (χ4n) is 3.09. The minimum atomic E-state index is -0.192. The summed E-state index contributed by atoms with van der Waals surface area (Å²) in [6.45, 7) is 9.45. The Morgan fingerprint density at radius 3 is 2.11 bits per heavy atom. The zero-order valence-electron chi connectivity index (χ0n) is 16.7. The molecule has 2 amide bonds. The van der Waals surface area contributed by atoms with Gasteiger partial charge in [0.15, 0.2) is 11.5 Å². The van der Waals surface area contributed by atoms with Gasteiger partial charge in [0.05, 0.1) is 0 Å². The lowest BCUT2D eigenvalue weighted by atomic mass is 10.1. The summed E-state index contributed by atoms with van der Waals surface area (Å²) in [6.07, 6.45) is 0. The summed E-state index contributed by atoms with van der Waals surface area (Å²) in [6, 6.07) is 13.9. The van der Waals surface area contributed by atoms with Crippen molar-refractivity contribution in [3.63, 3.8) is 0 Å². The molecule has 0 saturated heterocycles. The lowest BCUT2D eigenvalue weighted by molar-refractivity contribution is 0.171. The molecule has 0 fully saturated rings. The van der Waals surface area contributed by atoms with E-state index in [1.807, 2.05) is 18.2 Å². The molecule has 28 heavy (non-hydrogen) atoms. The summed E-state index contributed by atoms with van der Waals surface area (Å²) in [5.74, 6) is 1.49. The van der Waals surface area contributed by atoms with E-state index in [-0.39, 0.29) is 6.03 Å². The predicted molar refractivity (Wildman–Crippen MR) is 110 cm³/mol. The van der Waals surface area contributed by atoms with E-state index < -0.39 is 0 Å². The maximum Gasteiger partial charge on any atom is 0.315 e. The second kappa shape index (κ2) is 9.99. The number of rotatable bonds is 8. The van der Waals surface area contributed by atoms with Gasteiger partial charge in [-0.1, -0.05) is 44.2 Å². The largest absolute Gasteiger partial charge is 0.486 e. The standard InChI is InChI=1S/C22H29N3O3/c1-3-25(4-2)16-18-7-5-17(6-8-18)14-23-22(26)24-15-19-9-10-20-21(13-19)28-12-11-27-20/h5-10,13H,3-4,11-12,14-16H2,1-2H3,(H2,23,24,26). The highest BCUT2D eigenvalue weighted by Gasteiger charge is 2.12. The molecule has 0 bridgehead atoms. The quantitative estimate of drug-likeness (QED) is 0.734. The number of hydrogen-bond acceptors (Lipinski definition) is 4. The van der Waals surface area contributed by atoms with Crippen molar-refractivity contribution >= 4 is 6.03 Å². The predicted octanol–water partition coefficient (Wildman–Crippen LogP) is 3.30. The van der Waals surface area contributed by atoms with Crippen LogP contribution in [-0.4, -0.2) is 37.2 Å². The number of ether oxygens (including phenoxy) is 2. The van der Waals surface area contributed by atoms with Crippen molar-refractivity contribution in [3.05, 3.63) is 59.2 Å². The molecule has 1 aliphatic heterocycles. The maximum absolute atomic E-state index is 12.1. The van der Waals surface area contributed by atoms with Crippen LogP contribution in [0.3, 0.4) is 0 Å². The Morgan fingerprint density at radius 1 is 0.857 bits per heavy atom. The third kappa shape index (κ3) is 5.63. The van der Waals surface area contributed by atoms with E-state index in [9.17, 15) is 4.79 Å². The van der Waals surface area contributed by atoms with Crippen LogP contribution in [0.1, 0.15) is 30.5 Å². The Hall–Kier alpha value is -2.73. The average Bonchev–Trinajstić information content (AvgIpc) is 2.75. The molecule has 0 radical (unpaired) electrons. The van der Waals surface area contributed by atoms with Gasteiger partial charge in [-0.25, -0.2) is 4.79 Å². The van der Waals surface area contributed by atoms with Crippen LogP contribution >= 0.6 is 0 Å². The first-order valence-corrected chi connectivity index (χ1v) is 9.88. The Morgan fingerprint density at radius 2 is 1.43 bits per heavy atom. The van der Waals surface area contributed by atoms with Crippen LogP contribution in [0.25, 0.3) is 0 Å². The van der Waals surface area contributed by atoms with Crippen LogP contribution in [0.15, 0.2) is 42.5 Å². The number of carbonyl (C=O) groups is 1. The lowest BCUT2D eigenvalue weighted by Crippen LogP contribution is -2.34. The number of hydrogen-bond donors (Lipinski definition) is 2. The van der Waals surface area contributed by atoms with E-state index in [4.69, 9.17) is 9.47 Å². The maximum atomic E-state index is 12.1. The molecule has 0 atom stereocenters. The van der Waals surface area contributed by atoms with Gasteiger partial charge in [-0.05, 0) is 41.9 Å². The van der Waals surface area contributed by atoms with Crippen molar-refractivity contribution < 1.29 is 14.3 Å². The summed E-state index contributed by atoms with van der Waals surface area (Å²) < 4.78 is 11.1. The molecule has 6 nitrogen and oxygen atoms in total. The molecule has 3 rings (SSSR count). The van der Waals surface area contributed by atoms with Gasteiger partial charge in [0, 0.05) is 19.6 Å². The molecule has 0 saturated carbocycles. The fourth-order valence-corrected chi connectivity index (χ4v) is 3.09. The van der Waals surface area contributed by atoms with Gasteiger partial charge in [-0.3, -0.25) is 4.90 Å². The normalized spacial score (nSPS) is 12.7. The first-order chi connectivity index (χ1) is 13.7. The number of nitrogens with one attached hydrogen (secondary N) is 2. The number of urea groups is 1. The zero-order valence-corrected chi connectivity index (χ0v) is 16.7. The molecule has 0 unspecified atom stereocenters.